The molecule has 178 valence electrons. The van der Waals surface area contributed by atoms with Gasteiger partial charge < -0.3 is 14.9 Å². The van der Waals surface area contributed by atoms with Crippen LogP contribution in [0.5, 0.6) is 17.2 Å². The van der Waals surface area contributed by atoms with Gasteiger partial charge in [-0.3, -0.25) is 9.69 Å². The summed E-state index contributed by atoms with van der Waals surface area (Å²) >= 11 is 7.00. The highest BCUT2D eigenvalue weighted by Gasteiger charge is 2.29. The molecule has 3 aromatic carbocycles. The van der Waals surface area contributed by atoms with E-state index in [0.717, 1.165) is 12.0 Å². The van der Waals surface area contributed by atoms with Crippen molar-refractivity contribution in [2.24, 2.45) is 0 Å². The van der Waals surface area contributed by atoms with Gasteiger partial charge in [0.25, 0.3) is 5.91 Å². The van der Waals surface area contributed by atoms with Crippen LogP contribution in [0, 0.1) is 0 Å². The van der Waals surface area contributed by atoms with Gasteiger partial charge in [0.05, 0.1) is 8.95 Å². The number of hydrogen-bond acceptors (Lipinski definition) is 4. The molecule has 0 bridgehead atoms. The second-order valence-corrected chi connectivity index (χ2v) is 9.63. The molecule has 2 unspecified atom stereocenters. The number of carbonyl (C=O) groups excluding carboxylic acids is 1. The molecular weight excluding hydrogens is 566 g/mol. The highest BCUT2D eigenvalue weighted by atomic mass is 79.9. The normalized spacial score (nSPS) is 12.6. The molecule has 0 aromatic heterocycles. The van der Waals surface area contributed by atoms with Crippen LogP contribution in [0.2, 0.25) is 0 Å². The van der Waals surface area contributed by atoms with Gasteiger partial charge in [0, 0.05) is 16.8 Å². The lowest BCUT2D eigenvalue weighted by Crippen LogP contribution is -2.43. The van der Waals surface area contributed by atoms with Crippen LogP contribution in [-0.4, -0.2) is 28.1 Å². The average molecular weight is 591 g/mol. The molecule has 0 fully saturated rings. The minimum atomic E-state index is -1.13. The van der Waals surface area contributed by atoms with Crippen molar-refractivity contribution < 1.29 is 24.5 Å². The van der Waals surface area contributed by atoms with Gasteiger partial charge in [-0.05, 0) is 93.6 Å². The monoisotopic (exact) mass is 589 g/mol. The molecular formula is C26H25Br2NO5. The third-order valence-electron chi connectivity index (χ3n) is 5.61. The maximum Gasteiger partial charge on any atom is 0.326 e. The third kappa shape index (κ3) is 5.62. The lowest BCUT2D eigenvalue weighted by Gasteiger charge is -2.27. The van der Waals surface area contributed by atoms with Crippen molar-refractivity contribution >= 4 is 49.4 Å². The summed E-state index contributed by atoms with van der Waals surface area (Å²) in [6.45, 7) is 5.54. The lowest BCUT2D eigenvalue weighted by molar-refractivity contribution is -0.138. The molecule has 0 aliphatic rings. The van der Waals surface area contributed by atoms with E-state index in [1.807, 2.05) is 13.8 Å². The van der Waals surface area contributed by atoms with Crippen LogP contribution in [0.25, 0.3) is 0 Å². The fourth-order valence-electron chi connectivity index (χ4n) is 3.46. The highest BCUT2D eigenvalue weighted by Crippen LogP contribution is 2.42. The van der Waals surface area contributed by atoms with Crippen LogP contribution >= 0.6 is 31.9 Å². The van der Waals surface area contributed by atoms with Crippen LogP contribution in [-0.2, 0) is 4.79 Å². The lowest BCUT2D eigenvalue weighted by atomic mass is 9.97. The number of ether oxygens (including phenoxy) is 1. The number of phenolic OH excluding ortho intramolecular Hbond substituents is 1. The molecule has 0 heterocycles. The number of amides is 1. The Labute approximate surface area is 215 Å². The van der Waals surface area contributed by atoms with Crippen molar-refractivity contribution in [3.05, 3.63) is 80.7 Å². The second-order valence-electron chi connectivity index (χ2n) is 7.93. The Hall–Kier alpha value is -2.84. The molecule has 0 saturated heterocycles. The number of anilines is 1. The van der Waals surface area contributed by atoms with Crippen molar-refractivity contribution in [3.63, 3.8) is 0 Å². The quantitative estimate of drug-likeness (QED) is 0.286. The smallest absolute Gasteiger partial charge is 0.326 e. The predicted molar refractivity (Wildman–Crippen MR) is 139 cm³/mol. The van der Waals surface area contributed by atoms with Crippen LogP contribution in [0.1, 0.15) is 49.0 Å². The minimum Gasteiger partial charge on any atom is -0.508 e. The SMILES string of the molecule is CCC(C)c1cc(Oc2c(Br)cc(N(C(=O)c3ccccc3)C(C)C(=O)O)cc2Br)ccc1O. The number of hydrogen-bond donors (Lipinski definition) is 2. The Morgan fingerprint density at radius 2 is 1.62 bits per heavy atom. The average Bonchev–Trinajstić information content (AvgIpc) is 2.82. The first-order valence-electron chi connectivity index (χ1n) is 10.7. The van der Waals surface area contributed by atoms with Crippen LogP contribution in [0.15, 0.2) is 69.6 Å². The second kappa shape index (κ2) is 11.1. The van der Waals surface area contributed by atoms with Gasteiger partial charge in [-0.15, -0.1) is 0 Å². The molecule has 2 N–H and O–H groups in total. The zero-order valence-corrected chi connectivity index (χ0v) is 22.1. The molecule has 3 rings (SSSR count). The molecule has 8 heteroatoms. The van der Waals surface area contributed by atoms with Gasteiger partial charge in [0.2, 0.25) is 0 Å². The van der Waals surface area contributed by atoms with Crippen LogP contribution in [0.3, 0.4) is 0 Å². The third-order valence-corrected chi connectivity index (χ3v) is 6.79. The van der Waals surface area contributed by atoms with E-state index in [0.29, 0.717) is 31.7 Å². The van der Waals surface area contributed by atoms with E-state index in [-0.39, 0.29) is 11.7 Å². The summed E-state index contributed by atoms with van der Waals surface area (Å²) in [6, 6.07) is 15.8. The Morgan fingerprint density at radius 3 is 2.18 bits per heavy atom. The number of halogens is 2. The minimum absolute atomic E-state index is 0.160. The van der Waals surface area contributed by atoms with Crippen molar-refractivity contribution in [2.75, 3.05) is 4.90 Å². The number of carboxylic acid groups (broad SMARTS) is 1. The summed E-state index contributed by atoms with van der Waals surface area (Å²) in [6.07, 6.45) is 0.867. The Kier molecular flexibility index (Phi) is 8.38. The number of benzene rings is 3. The van der Waals surface area contributed by atoms with Gasteiger partial charge >= 0.3 is 5.97 Å². The zero-order valence-electron chi connectivity index (χ0n) is 19.0. The summed E-state index contributed by atoms with van der Waals surface area (Å²) in [4.78, 5) is 26.3. The predicted octanol–water partition coefficient (Wildman–Crippen LogP) is 7.34. The number of carbonyl (C=O) groups is 2. The first-order valence-corrected chi connectivity index (χ1v) is 12.3. The van der Waals surface area contributed by atoms with E-state index in [9.17, 15) is 19.8 Å². The highest BCUT2D eigenvalue weighted by molar-refractivity contribution is 9.11. The van der Waals surface area contributed by atoms with Gasteiger partial charge in [-0.25, -0.2) is 4.79 Å². The first kappa shape index (κ1) is 25.8. The van der Waals surface area contributed by atoms with Crippen molar-refractivity contribution in [1.29, 1.82) is 0 Å². The van der Waals surface area contributed by atoms with Gasteiger partial charge in [0.15, 0.2) is 5.75 Å². The number of rotatable bonds is 8. The number of carboxylic acids is 1. The first-order chi connectivity index (χ1) is 16.1. The molecule has 0 radical (unpaired) electrons. The largest absolute Gasteiger partial charge is 0.508 e. The van der Waals surface area contributed by atoms with Crippen molar-refractivity contribution in [3.8, 4) is 17.2 Å². The summed E-state index contributed by atoms with van der Waals surface area (Å²) in [5.74, 6) is -0.183. The van der Waals surface area contributed by atoms with E-state index in [2.05, 4.69) is 31.9 Å². The number of aromatic hydroxyl groups is 1. The van der Waals surface area contributed by atoms with E-state index >= 15 is 0 Å². The topological polar surface area (TPSA) is 87.1 Å². The fraction of sp³-hybridized carbons (Fsp3) is 0.231. The van der Waals surface area contributed by atoms with Crippen LogP contribution < -0.4 is 9.64 Å². The van der Waals surface area contributed by atoms with E-state index in [1.54, 1.807) is 60.7 Å². The summed E-state index contributed by atoms with van der Waals surface area (Å²) in [5, 5.41) is 19.8. The van der Waals surface area contributed by atoms with Crippen LogP contribution in [0.4, 0.5) is 5.69 Å². The van der Waals surface area contributed by atoms with Gasteiger partial charge in [-0.1, -0.05) is 32.0 Å². The zero-order chi connectivity index (χ0) is 25.0. The Balaban J connectivity index is 2.00. The van der Waals surface area contributed by atoms with Gasteiger partial charge in [0.1, 0.15) is 17.5 Å². The van der Waals surface area contributed by atoms with Crippen molar-refractivity contribution in [2.45, 2.75) is 39.2 Å². The molecule has 0 spiro atoms. The standard InChI is InChI=1S/C26H25Br2NO5/c1-4-15(2)20-14-19(10-11-23(20)30)34-24-21(27)12-18(13-22(24)28)29(16(3)26(32)33)25(31)17-8-6-5-7-9-17/h5-16,30H,4H2,1-3H3,(H,32,33). The molecule has 0 aliphatic carbocycles. The molecule has 1 amide bonds. The number of aliphatic carboxylic acids is 1. The fourth-order valence-corrected chi connectivity index (χ4v) is 4.78. The maximum atomic E-state index is 13.2. The molecule has 3 aromatic rings. The van der Waals surface area contributed by atoms with E-state index in [1.165, 1.54) is 11.8 Å². The molecule has 0 saturated carbocycles. The summed E-state index contributed by atoms with van der Waals surface area (Å²) in [5.41, 5.74) is 1.56. The van der Waals surface area contributed by atoms with E-state index in [4.69, 9.17) is 4.74 Å². The molecule has 2 atom stereocenters. The molecule has 0 aliphatic heterocycles. The Bertz CT molecular complexity index is 1180. The van der Waals surface area contributed by atoms with Gasteiger partial charge in [-0.2, -0.15) is 0 Å². The van der Waals surface area contributed by atoms with E-state index < -0.39 is 17.9 Å². The number of nitrogens with zero attached hydrogens (tertiary/aromatic N) is 1. The van der Waals surface area contributed by atoms with Crippen molar-refractivity contribution in [1.82, 2.24) is 0 Å². The molecule has 34 heavy (non-hydrogen) atoms. The number of phenols is 1. The summed E-state index contributed by atoms with van der Waals surface area (Å²) < 4.78 is 7.15. The summed E-state index contributed by atoms with van der Waals surface area (Å²) in [7, 11) is 0. The Morgan fingerprint density at radius 1 is 1.00 bits per heavy atom. The molecule has 6 nitrogen and oxygen atoms in total. The maximum absolute atomic E-state index is 13.2.